The van der Waals surface area contributed by atoms with Gasteiger partial charge in [-0.2, -0.15) is 4.39 Å². The number of nitrogens with zero attached hydrogens (tertiary/aromatic N) is 2. The largest absolute Gasteiger partial charge is 0.350 e. The Morgan fingerprint density at radius 3 is 2.86 bits per heavy atom. The zero-order valence-electron chi connectivity index (χ0n) is 13.0. The maximum atomic E-state index is 12.8. The van der Waals surface area contributed by atoms with Crippen molar-refractivity contribution in [3.8, 4) is 0 Å². The van der Waals surface area contributed by atoms with Crippen LogP contribution in [0.15, 0.2) is 18.3 Å². The molecule has 1 aliphatic carbocycles. The zero-order valence-corrected chi connectivity index (χ0v) is 13.0. The van der Waals surface area contributed by atoms with Crippen LogP contribution in [0.5, 0.6) is 0 Å². The fraction of sp³-hybridized carbons (Fsp3) is 0.625. The molecule has 1 heterocycles. The minimum atomic E-state index is -0.572. The molecule has 1 fully saturated rings. The van der Waals surface area contributed by atoms with E-state index in [1.165, 1.54) is 31.2 Å². The van der Waals surface area contributed by atoms with Gasteiger partial charge in [-0.1, -0.05) is 19.8 Å². The number of amides is 1. The van der Waals surface area contributed by atoms with Crippen molar-refractivity contribution in [1.29, 1.82) is 0 Å². The molecule has 0 aliphatic heterocycles. The van der Waals surface area contributed by atoms with Crippen molar-refractivity contribution in [3.05, 3.63) is 29.8 Å². The Balaban J connectivity index is 2.02. The van der Waals surface area contributed by atoms with Gasteiger partial charge in [0.2, 0.25) is 5.95 Å². The van der Waals surface area contributed by atoms with Crippen molar-refractivity contribution in [2.24, 2.45) is 5.92 Å². The van der Waals surface area contributed by atoms with Crippen molar-refractivity contribution in [3.63, 3.8) is 0 Å². The summed E-state index contributed by atoms with van der Waals surface area (Å²) in [5.41, 5.74) is 0.412. The molecule has 0 radical (unpaired) electrons. The summed E-state index contributed by atoms with van der Waals surface area (Å²) in [5, 5.41) is 2.99. The van der Waals surface area contributed by atoms with E-state index in [2.05, 4.69) is 36.2 Å². The monoisotopic (exact) mass is 293 g/mol. The lowest BCUT2D eigenvalue weighted by Gasteiger charge is -2.45. The van der Waals surface area contributed by atoms with Crippen LogP contribution in [0.25, 0.3) is 0 Å². The summed E-state index contributed by atoms with van der Waals surface area (Å²) in [6.45, 7) is 2.88. The first-order valence-corrected chi connectivity index (χ1v) is 7.50. The third kappa shape index (κ3) is 3.79. The molecule has 2 rings (SSSR count). The van der Waals surface area contributed by atoms with Gasteiger partial charge in [-0.05, 0) is 45.0 Å². The number of likely N-dealkylation sites (N-methyl/N-ethyl adjacent to an activating group) is 1. The summed E-state index contributed by atoms with van der Waals surface area (Å²) in [5.74, 6) is -0.0927. The molecular formula is C16H24FN3O. The number of carbonyl (C=O) groups excluding carboxylic acids is 1. The third-order valence-electron chi connectivity index (χ3n) is 4.58. The van der Waals surface area contributed by atoms with Crippen molar-refractivity contribution in [1.82, 2.24) is 15.2 Å². The molecular weight excluding hydrogens is 269 g/mol. The quantitative estimate of drug-likeness (QED) is 0.867. The first-order valence-electron chi connectivity index (χ1n) is 7.50. The lowest BCUT2D eigenvalue weighted by molar-refractivity contribution is 0.0675. The topological polar surface area (TPSA) is 45.2 Å². The van der Waals surface area contributed by atoms with Crippen LogP contribution in [0.1, 0.15) is 43.0 Å². The predicted octanol–water partition coefficient (Wildman–Crippen LogP) is 2.46. The SMILES string of the molecule is CC1CCCC(CNC(=O)c2ccc(F)nc2)(N(C)C)C1. The van der Waals surface area contributed by atoms with E-state index in [9.17, 15) is 9.18 Å². The number of halogens is 1. The van der Waals surface area contributed by atoms with Crippen LogP contribution in [0, 0.1) is 11.9 Å². The van der Waals surface area contributed by atoms with Gasteiger partial charge in [-0.15, -0.1) is 0 Å². The smallest absolute Gasteiger partial charge is 0.252 e. The Morgan fingerprint density at radius 2 is 2.29 bits per heavy atom. The highest BCUT2D eigenvalue weighted by Crippen LogP contribution is 2.35. The predicted molar refractivity (Wildman–Crippen MR) is 80.6 cm³/mol. The molecule has 116 valence electrons. The third-order valence-corrected chi connectivity index (χ3v) is 4.58. The van der Waals surface area contributed by atoms with Crippen molar-refractivity contribution >= 4 is 5.91 Å². The summed E-state index contributed by atoms with van der Waals surface area (Å²) < 4.78 is 12.8. The van der Waals surface area contributed by atoms with Crippen molar-refractivity contribution in [2.45, 2.75) is 38.1 Å². The number of hydrogen-bond donors (Lipinski definition) is 1. The Labute approximate surface area is 125 Å². The molecule has 1 aromatic heterocycles. The molecule has 5 heteroatoms. The molecule has 21 heavy (non-hydrogen) atoms. The molecule has 2 atom stereocenters. The highest BCUT2D eigenvalue weighted by molar-refractivity contribution is 5.93. The molecule has 0 spiro atoms. The van der Waals surface area contributed by atoms with Crippen LogP contribution in [0.2, 0.25) is 0 Å². The zero-order chi connectivity index (χ0) is 15.5. The minimum absolute atomic E-state index is 0.0147. The van der Waals surface area contributed by atoms with E-state index < -0.39 is 5.95 Å². The first-order chi connectivity index (χ1) is 9.93. The van der Waals surface area contributed by atoms with E-state index in [0.717, 1.165) is 12.8 Å². The second-order valence-corrected chi connectivity index (χ2v) is 6.37. The average molecular weight is 293 g/mol. The van der Waals surface area contributed by atoms with E-state index in [1.54, 1.807) is 0 Å². The molecule has 0 aromatic carbocycles. The van der Waals surface area contributed by atoms with Crippen LogP contribution < -0.4 is 5.32 Å². The number of nitrogens with one attached hydrogen (secondary N) is 1. The molecule has 2 unspecified atom stereocenters. The second kappa shape index (κ2) is 6.52. The molecule has 1 aliphatic rings. The first kappa shape index (κ1) is 15.9. The normalized spacial score (nSPS) is 25.9. The van der Waals surface area contributed by atoms with Gasteiger partial charge in [-0.3, -0.25) is 4.79 Å². The Hall–Kier alpha value is -1.49. The summed E-state index contributed by atoms with van der Waals surface area (Å²) >= 11 is 0. The Morgan fingerprint density at radius 1 is 1.52 bits per heavy atom. The van der Waals surface area contributed by atoms with Crippen LogP contribution in [-0.2, 0) is 0 Å². The van der Waals surface area contributed by atoms with E-state index in [4.69, 9.17) is 0 Å². The Kier molecular flexibility index (Phi) is 4.93. The standard InChI is InChI=1S/C16H24FN3O/c1-12-5-4-8-16(9-12,20(2)3)11-19-15(21)13-6-7-14(17)18-10-13/h6-7,10,12H,4-5,8-9,11H2,1-3H3,(H,19,21). The fourth-order valence-corrected chi connectivity index (χ4v) is 3.21. The van der Waals surface area contributed by atoms with E-state index in [-0.39, 0.29) is 11.4 Å². The van der Waals surface area contributed by atoms with Crippen LogP contribution >= 0.6 is 0 Å². The van der Waals surface area contributed by atoms with Gasteiger partial charge in [-0.25, -0.2) is 4.98 Å². The van der Waals surface area contributed by atoms with Crippen molar-refractivity contribution < 1.29 is 9.18 Å². The summed E-state index contributed by atoms with van der Waals surface area (Å²) in [7, 11) is 4.15. The van der Waals surface area contributed by atoms with Gasteiger partial charge in [0.15, 0.2) is 0 Å². The number of hydrogen-bond acceptors (Lipinski definition) is 3. The molecule has 0 saturated heterocycles. The summed E-state index contributed by atoms with van der Waals surface area (Å²) in [6, 6.07) is 2.67. The molecule has 1 aromatic rings. The lowest BCUT2D eigenvalue weighted by Crippen LogP contribution is -2.55. The summed E-state index contributed by atoms with van der Waals surface area (Å²) in [6.07, 6.45) is 5.89. The Bertz CT molecular complexity index is 489. The minimum Gasteiger partial charge on any atom is -0.350 e. The lowest BCUT2D eigenvalue weighted by atomic mass is 9.75. The average Bonchev–Trinajstić information content (AvgIpc) is 2.45. The van der Waals surface area contributed by atoms with Gasteiger partial charge in [0, 0.05) is 18.3 Å². The number of rotatable bonds is 4. The number of pyridine rings is 1. The molecule has 0 bridgehead atoms. The van der Waals surface area contributed by atoms with E-state index in [1.807, 2.05) is 0 Å². The summed E-state index contributed by atoms with van der Waals surface area (Å²) in [4.78, 5) is 17.9. The van der Waals surface area contributed by atoms with Crippen LogP contribution in [-0.4, -0.2) is 42.0 Å². The number of aromatic nitrogens is 1. The maximum absolute atomic E-state index is 12.8. The van der Waals surface area contributed by atoms with Gasteiger partial charge >= 0.3 is 0 Å². The van der Waals surface area contributed by atoms with Crippen LogP contribution in [0.4, 0.5) is 4.39 Å². The second-order valence-electron chi connectivity index (χ2n) is 6.37. The highest BCUT2D eigenvalue weighted by Gasteiger charge is 2.37. The molecule has 1 N–H and O–H groups in total. The van der Waals surface area contributed by atoms with E-state index in [0.29, 0.717) is 18.0 Å². The molecule has 1 saturated carbocycles. The van der Waals surface area contributed by atoms with Gasteiger partial charge in [0.1, 0.15) is 0 Å². The fourth-order valence-electron chi connectivity index (χ4n) is 3.21. The van der Waals surface area contributed by atoms with Crippen molar-refractivity contribution in [2.75, 3.05) is 20.6 Å². The van der Waals surface area contributed by atoms with Gasteiger partial charge in [0.25, 0.3) is 5.91 Å². The maximum Gasteiger partial charge on any atom is 0.252 e. The highest BCUT2D eigenvalue weighted by atomic mass is 19.1. The van der Waals surface area contributed by atoms with Crippen LogP contribution in [0.3, 0.4) is 0 Å². The van der Waals surface area contributed by atoms with E-state index >= 15 is 0 Å². The van der Waals surface area contributed by atoms with Gasteiger partial charge in [0.05, 0.1) is 5.56 Å². The number of carbonyl (C=O) groups is 1. The van der Waals surface area contributed by atoms with Gasteiger partial charge < -0.3 is 10.2 Å². The molecule has 4 nitrogen and oxygen atoms in total. The molecule has 1 amide bonds.